The molecule has 3 nitrogen and oxygen atoms in total. The summed E-state index contributed by atoms with van der Waals surface area (Å²) < 4.78 is 17.0. The summed E-state index contributed by atoms with van der Waals surface area (Å²) in [6, 6.07) is 0. The molecule has 0 aliphatic heterocycles. The van der Waals surface area contributed by atoms with E-state index in [0.717, 1.165) is 0 Å². The fourth-order valence-electron chi connectivity index (χ4n) is 0. The van der Waals surface area contributed by atoms with Crippen molar-refractivity contribution in [1.82, 2.24) is 0 Å². The summed E-state index contributed by atoms with van der Waals surface area (Å²) >= 11 is -2.00. The monoisotopic (exact) mass is 124 g/mol. The number of hydrogen-bond acceptors (Lipinski definition) is 2. The van der Waals surface area contributed by atoms with Crippen LogP contribution in [0.4, 0.5) is 0 Å². The van der Waals surface area contributed by atoms with Gasteiger partial charge in [-0.25, -0.2) is 0 Å². The Balaban J connectivity index is -0.0000000200. The Bertz CT molecular complexity index is 27.9. The van der Waals surface area contributed by atoms with Gasteiger partial charge in [0.1, 0.15) is 0 Å². The van der Waals surface area contributed by atoms with Crippen LogP contribution in [0.15, 0.2) is 0 Å². The van der Waals surface area contributed by atoms with E-state index in [4.69, 9.17) is 6.65 Å². The molecule has 0 bridgehead atoms. The first kappa shape index (κ1) is 16.6. The topological polar surface area (TPSA) is 65.6 Å². The van der Waals surface area contributed by atoms with Crippen molar-refractivity contribution in [3.8, 4) is 0 Å². The van der Waals surface area contributed by atoms with Crippen molar-refractivity contribution in [2.45, 2.75) is 0 Å². The van der Waals surface area contributed by atoms with Crippen LogP contribution in [-0.2, 0) is 25.7 Å². The predicted molar refractivity (Wildman–Crippen MR) is 13.5 cm³/mol. The number of hydrogen-bond donors (Lipinski definition) is 0. The molecule has 5 heavy (non-hydrogen) atoms. The fraction of sp³-hybridized carbons (Fsp3) is 0. The molecule has 0 radical (unpaired) electrons. The molecule has 0 aliphatic rings. The van der Waals surface area contributed by atoms with E-state index < -0.39 is 19.1 Å². The Morgan fingerprint density at radius 1 is 1.20 bits per heavy atom. The SMILES string of the molecule is O.[MgH2].[O]=[Ti]=[O]. The van der Waals surface area contributed by atoms with E-state index in [9.17, 15) is 0 Å². The molecule has 2 N–H and O–H groups in total. The van der Waals surface area contributed by atoms with Gasteiger partial charge in [0.2, 0.25) is 0 Å². The molecule has 0 saturated carbocycles. The summed E-state index contributed by atoms with van der Waals surface area (Å²) in [5.74, 6) is 0. The Labute approximate surface area is 54.2 Å². The summed E-state index contributed by atoms with van der Waals surface area (Å²) in [4.78, 5) is 0. The van der Waals surface area contributed by atoms with Gasteiger partial charge in [0.05, 0.1) is 0 Å². The maximum absolute atomic E-state index is 8.50. The van der Waals surface area contributed by atoms with Crippen molar-refractivity contribution in [2.24, 2.45) is 0 Å². The molecule has 0 spiro atoms. The van der Waals surface area contributed by atoms with Crippen molar-refractivity contribution in [3.05, 3.63) is 0 Å². The van der Waals surface area contributed by atoms with Crippen LogP contribution in [-0.4, -0.2) is 28.5 Å². The third-order valence-corrected chi connectivity index (χ3v) is 0. The molecule has 0 unspecified atom stereocenters. The first-order valence-corrected chi connectivity index (χ1v) is 1.68. The molecular formula is H4MgO3Ti. The average molecular weight is 124 g/mol. The molecule has 0 fully saturated rings. The van der Waals surface area contributed by atoms with Gasteiger partial charge < -0.3 is 5.48 Å². The standard InChI is InChI=1S/Mg.H2O.2O.Ti.2H/h;1H2;;;;;. The van der Waals surface area contributed by atoms with Crippen molar-refractivity contribution in [1.29, 1.82) is 0 Å². The first-order chi connectivity index (χ1) is 1.41. The Kier molecular flexibility index (Phi) is 65.6. The zero-order valence-corrected chi connectivity index (χ0v) is 3.38. The molecule has 0 aromatic rings. The van der Waals surface area contributed by atoms with E-state index in [-0.39, 0.29) is 28.5 Å². The Hall–Kier alpha value is 1.04. The van der Waals surface area contributed by atoms with Gasteiger partial charge in [-0.05, 0) is 0 Å². The fourth-order valence-corrected chi connectivity index (χ4v) is 0. The summed E-state index contributed by atoms with van der Waals surface area (Å²) in [6.45, 7) is 0. The minimum atomic E-state index is -2.00. The van der Waals surface area contributed by atoms with Crippen molar-refractivity contribution < 1.29 is 31.2 Å². The van der Waals surface area contributed by atoms with Crippen LogP contribution in [0.5, 0.6) is 0 Å². The van der Waals surface area contributed by atoms with Gasteiger partial charge >= 0.3 is 48.8 Å². The van der Waals surface area contributed by atoms with Gasteiger partial charge in [0.15, 0.2) is 0 Å². The van der Waals surface area contributed by atoms with Crippen LogP contribution in [0.2, 0.25) is 0 Å². The van der Waals surface area contributed by atoms with Gasteiger partial charge in [-0.2, -0.15) is 0 Å². The first-order valence-electron chi connectivity index (χ1n) is 0.408. The second kappa shape index (κ2) is 19.8. The Morgan fingerprint density at radius 3 is 1.20 bits per heavy atom. The van der Waals surface area contributed by atoms with Crippen molar-refractivity contribution >= 4 is 23.1 Å². The van der Waals surface area contributed by atoms with Crippen LogP contribution in [0, 0.1) is 0 Å². The van der Waals surface area contributed by atoms with E-state index in [0.29, 0.717) is 0 Å². The van der Waals surface area contributed by atoms with E-state index in [1.165, 1.54) is 0 Å². The third kappa shape index (κ3) is 43.0. The van der Waals surface area contributed by atoms with E-state index in [1.807, 2.05) is 0 Å². The average Bonchev–Trinajstić information content (AvgIpc) is 0.918. The van der Waals surface area contributed by atoms with Crippen LogP contribution in [0.1, 0.15) is 0 Å². The molecule has 0 atom stereocenters. The molecule has 0 aromatic heterocycles. The molecule has 0 aromatic carbocycles. The van der Waals surface area contributed by atoms with Gasteiger partial charge in [-0.15, -0.1) is 0 Å². The molecule has 0 heterocycles. The van der Waals surface area contributed by atoms with Crippen molar-refractivity contribution in [2.75, 3.05) is 0 Å². The molecule has 0 saturated heterocycles. The van der Waals surface area contributed by atoms with Crippen LogP contribution >= 0.6 is 0 Å². The van der Waals surface area contributed by atoms with E-state index in [1.54, 1.807) is 0 Å². The maximum atomic E-state index is 8.50. The third-order valence-electron chi connectivity index (χ3n) is 0. The van der Waals surface area contributed by atoms with Crippen LogP contribution in [0.3, 0.4) is 0 Å². The summed E-state index contributed by atoms with van der Waals surface area (Å²) in [5.41, 5.74) is 0. The summed E-state index contributed by atoms with van der Waals surface area (Å²) in [6.07, 6.45) is 0. The minimum absolute atomic E-state index is 0. The molecular weight excluding hydrogens is 120 g/mol. The second-order valence-corrected chi connectivity index (χ2v) is 0.344. The second-order valence-electron chi connectivity index (χ2n) is 0.0833. The summed E-state index contributed by atoms with van der Waals surface area (Å²) in [7, 11) is 0. The van der Waals surface area contributed by atoms with Gasteiger partial charge in [0, 0.05) is 0 Å². The molecule has 0 amide bonds. The molecule has 28 valence electrons. The van der Waals surface area contributed by atoms with E-state index in [2.05, 4.69) is 0 Å². The summed E-state index contributed by atoms with van der Waals surface area (Å²) in [5, 5.41) is 0. The predicted octanol–water partition coefficient (Wildman–Crippen LogP) is -1.98. The zero-order valence-electron chi connectivity index (χ0n) is 1.82. The van der Waals surface area contributed by atoms with Gasteiger partial charge in [0.25, 0.3) is 0 Å². The molecule has 0 rings (SSSR count). The number of rotatable bonds is 0. The quantitative estimate of drug-likeness (QED) is 0.351. The Morgan fingerprint density at radius 2 is 1.20 bits per heavy atom. The molecule has 0 aliphatic carbocycles. The van der Waals surface area contributed by atoms with Crippen LogP contribution < -0.4 is 0 Å². The zero-order chi connectivity index (χ0) is 2.71. The molecule has 5 heteroatoms. The van der Waals surface area contributed by atoms with Crippen LogP contribution in [0.25, 0.3) is 0 Å². The van der Waals surface area contributed by atoms with Gasteiger partial charge in [-0.3, -0.25) is 0 Å². The van der Waals surface area contributed by atoms with E-state index >= 15 is 0 Å². The van der Waals surface area contributed by atoms with Gasteiger partial charge in [-0.1, -0.05) is 0 Å². The normalized spacial score (nSPS) is 1.60. The van der Waals surface area contributed by atoms with Crippen molar-refractivity contribution in [3.63, 3.8) is 0 Å².